The summed E-state index contributed by atoms with van der Waals surface area (Å²) in [5, 5.41) is 10.7. The number of sulfonamides is 1. The van der Waals surface area contributed by atoms with Crippen LogP contribution in [0.4, 0.5) is 5.69 Å². The van der Waals surface area contributed by atoms with Crippen LogP contribution in [-0.4, -0.2) is 30.4 Å². The number of imidazole rings is 1. The molecule has 0 spiro atoms. The van der Waals surface area contributed by atoms with Crippen LogP contribution in [0.5, 0.6) is 5.75 Å². The van der Waals surface area contributed by atoms with Gasteiger partial charge in [-0.25, -0.2) is 18.1 Å². The van der Waals surface area contributed by atoms with Crippen molar-refractivity contribution in [2.45, 2.75) is 11.4 Å². The average Bonchev–Trinajstić information content (AvgIpc) is 2.97. The molecule has 21 heavy (non-hydrogen) atoms. The largest absolute Gasteiger partial charge is 0.495 e. The zero-order valence-corrected chi connectivity index (χ0v) is 11.8. The van der Waals surface area contributed by atoms with E-state index in [2.05, 4.69) is 14.7 Å². The molecule has 112 valence electrons. The lowest BCUT2D eigenvalue weighted by Crippen LogP contribution is -2.24. The van der Waals surface area contributed by atoms with E-state index in [0.717, 1.165) is 18.2 Å². The molecule has 9 nitrogen and oxygen atoms in total. The van der Waals surface area contributed by atoms with Gasteiger partial charge in [0.1, 0.15) is 10.6 Å². The van der Waals surface area contributed by atoms with Crippen LogP contribution in [0.15, 0.2) is 35.6 Å². The van der Waals surface area contributed by atoms with E-state index in [9.17, 15) is 18.5 Å². The maximum Gasteiger partial charge on any atom is 0.273 e. The van der Waals surface area contributed by atoms with Crippen molar-refractivity contribution < 1.29 is 18.1 Å². The average molecular weight is 312 g/mol. The molecule has 0 saturated carbocycles. The fourth-order valence-corrected chi connectivity index (χ4v) is 2.78. The first-order valence-corrected chi connectivity index (χ1v) is 7.21. The highest BCUT2D eigenvalue weighted by Gasteiger charge is 2.22. The molecule has 0 amide bonds. The van der Waals surface area contributed by atoms with Crippen molar-refractivity contribution in [1.29, 1.82) is 0 Å². The Morgan fingerprint density at radius 3 is 2.81 bits per heavy atom. The summed E-state index contributed by atoms with van der Waals surface area (Å²) in [5.74, 6) is -0.0960. The molecule has 0 atom stereocenters. The van der Waals surface area contributed by atoms with Gasteiger partial charge >= 0.3 is 0 Å². The Kier molecular flexibility index (Phi) is 4.19. The Bertz CT molecular complexity index is 742. The Labute approximate surface area is 120 Å². The summed E-state index contributed by atoms with van der Waals surface area (Å²) in [6.45, 7) is 0.0163. The van der Waals surface area contributed by atoms with Gasteiger partial charge in [-0.15, -0.1) is 0 Å². The Morgan fingerprint density at radius 2 is 2.24 bits per heavy atom. The molecule has 0 aliphatic heterocycles. The van der Waals surface area contributed by atoms with Gasteiger partial charge in [0.05, 0.1) is 31.0 Å². The van der Waals surface area contributed by atoms with Gasteiger partial charge in [-0.3, -0.25) is 10.1 Å². The number of hydrogen-bond donors (Lipinski definition) is 2. The van der Waals surface area contributed by atoms with Crippen LogP contribution >= 0.6 is 0 Å². The third kappa shape index (κ3) is 3.35. The number of H-pyrrole nitrogens is 1. The fraction of sp³-hybridized carbons (Fsp3) is 0.182. The van der Waals surface area contributed by atoms with Gasteiger partial charge in [0.25, 0.3) is 5.69 Å². The first-order chi connectivity index (χ1) is 9.94. The van der Waals surface area contributed by atoms with Gasteiger partial charge in [-0.2, -0.15) is 0 Å². The van der Waals surface area contributed by atoms with Gasteiger partial charge in [0.2, 0.25) is 10.0 Å². The van der Waals surface area contributed by atoms with Crippen LogP contribution in [0.1, 0.15) is 5.69 Å². The van der Waals surface area contributed by atoms with Crippen molar-refractivity contribution in [3.05, 3.63) is 46.5 Å². The maximum absolute atomic E-state index is 12.2. The predicted molar refractivity (Wildman–Crippen MR) is 72.3 cm³/mol. The number of nitro benzene ring substituents is 1. The summed E-state index contributed by atoms with van der Waals surface area (Å²) >= 11 is 0. The molecule has 2 rings (SSSR count). The lowest BCUT2D eigenvalue weighted by Gasteiger charge is -2.10. The zero-order chi connectivity index (χ0) is 15.5. The summed E-state index contributed by atoms with van der Waals surface area (Å²) in [6, 6.07) is 3.30. The monoisotopic (exact) mass is 312 g/mol. The Balaban J connectivity index is 2.28. The second-order valence-electron chi connectivity index (χ2n) is 3.99. The number of rotatable bonds is 6. The predicted octanol–water partition coefficient (Wildman–Crippen LogP) is 0.805. The lowest BCUT2D eigenvalue weighted by molar-refractivity contribution is -0.385. The molecule has 0 bridgehead atoms. The van der Waals surface area contributed by atoms with E-state index in [1.807, 2.05) is 0 Å². The summed E-state index contributed by atoms with van der Waals surface area (Å²) in [6.07, 6.45) is 2.91. The summed E-state index contributed by atoms with van der Waals surface area (Å²) in [7, 11) is -2.62. The van der Waals surface area contributed by atoms with Gasteiger partial charge in [-0.05, 0) is 6.07 Å². The van der Waals surface area contributed by atoms with Crippen molar-refractivity contribution in [2.75, 3.05) is 7.11 Å². The normalized spacial score (nSPS) is 11.3. The standard InChI is InChI=1S/C11H12N4O5S/c1-20-10-4-9(15(16)17)2-3-11(10)21(18,19)14-6-8-5-12-7-13-8/h2-5,7,14H,6H2,1H3,(H,12,13). The molecule has 0 aliphatic carbocycles. The topological polar surface area (TPSA) is 127 Å². The zero-order valence-electron chi connectivity index (χ0n) is 10.9. The maximum atomic E-state index is 12.2. The van der Waals surface area contributed by atoms with Crippen LogP contribution in [0.3, 0.4) is 0 Å². The molecule has 1 aromatic carbocycles. The van der Waals surface area contributed by atoms with Crippen LogP contribution in [0.2, 0.25) is 0 Å². The van der Waals surface area contributed by atoms with E-state index in [-0.39, 0.29) is 22.9 Å². The van der Waals surface area contributed by atoms with Gasteiger partial charge < -0.3 is 9.72 Å². The number of hydrogen-bond acceptors (Lipinski definition) is 6. The molecule has 0 fully saturated rings. The fourth-order valence-electron chi connectivity index (χ4n) is 1.62. The third-order valence-corrected chi connectivity index (χ3v) is 4.10. The molecule has 0 aliphatic rings. The van der Waals surface area contributed by atoms with E-state index in [4.69, 9.17) is 4.74 Å². The second kappa shape index (κ2) is 5.89. The number of nitro groups is 1. The highest BCUT2D eigenvalue weighted by atomic mass is 32.2. The molecular formula is C11H12N4O5S. The quantitative estimate of drug-likeness (QED) is 0.600. The molecule has 2 N–H and O–H groups in total. The number of benzene rings is 1. The molecular weight excluding hydrogens is 300 g/mol. The molecule has 10 heteroatoms. The minimum Gasteiger partial charge on any atom is -0.495 e. The Morgan fingerprint density at radius 1 is 1.48 bits per heavy atom. The number of ether oxygens (including phenoxy) is 1. The number of aromatic amines is 1. The molecule has 0 radical (unpaired) electrons. The third-order valence-electron chi connectivity index (χ3n) is 2.66. The van der Waals surface area contributed by atoms with Crippen molar-refractivity contribution >= 4 is 15.7 Å². The minimum absolute atomic E-state index is 0.0163. The van der Waals surface area contributed by atoms with Crippen molar-refractivity contribution in [1.82, 2.24) is 14.7 Å². The SMILES string of the molecule is COc1cc([N+](=O)[O-])ccc1S(=O)(=O)NCc1cnc[nH]1. The summed E-state index contributed by atoms with van der Waals surface area (Å²) < 4.78 is 31.7. The molecule has 1 heterocycles. The number of non-ortho nitro benzene ring substituents is 1. The van der Waals surface area contributed by atoms with Crippen LogP contribution < -0.4 is 9.46 Å². The van der Waals surface area contributed by atoms with E-state index in [1.165, 1.54) is 19.6 Å². The first-order valence-electron chi connectivity index (χ1n) is 5.73. The van der Waals surface area contributed by atoms with Gasteiger partial charge in [0.15, 0.2) is 0 Å². The van der Waals surface area contributed by atoms with Crippen LogP contribution in [-0.2, 0) is 16.6 Å². The number of nitrogens with zero attached hydrogens (tertiary/aromatic N) is 2. The summed E-state index contributed by atoms with van der Waals surface area (Å²) in [5.41, 5.74) is 0.332. The van der Waals surface area contributed by atoms with E-state index in [0.29, 0.717) is 5.69 Å². The lowest BCUT2D eigenvalue weighted by atomic mass is 10.3. The number of aromatic nitrogens is 2. The molecule has 0 unspecified atom stereocenters. The van der Waals surface area contributed by atoms with Gasteiger partial charge in [-0.1, -0.05) is 0 Å². The number of methoxy groups -OCH3 is 1. The van der Waals surface area contributed by atoms with E-state index >= 15 is 0 Å². The second-order valence-corrected chi connectivity index (χ2v) is 5.73. The molecule has 0 saturated heterocycles. The Hall–Kier alpha value is -2.46. The molecule has 2 aromatic rings. The minimum atomic E-state index is -3.87. The van der Waals surface area contributed by atoms with Gasteiger partial charge in [0, 0.05) is 18.0 Å². The van der Waals surface area contributed by atoms with Crippen LogP contribution in [0.25, 0.3) is 0 Å². The highest BCUT2D eigenvalue weighted by Crippen LogP contribution is 2.28. The molecule has 1 aromatic heterocycles. The first kappa shape index (κ1) is 14.9. The van der Waals surface area contributed by atoms with Crippen molar-refractivity contribution in [3.8, 4) is 5.75 Å². The summed E-state index contributed by atoms with van der Waals surface area (Å²) in [4.78, 5) is 16.4. The smallest absolute Gasteiger partial charge is 0.273 e. The number of nitrogens with one attached hydrogen (secondary N) is 2. The van der Waals surface area contributed by atoms with Crippen molar-refractivity contribution in [2.24, 2.45) is 0 Å². The van der Waals surface area contributed by atoms with Crippen molar-refractivity contribution in [3.63, 3.8) is 0 Å². The van der Waals surface area contributed by atoms with Crippen LogP contribution in [0, 0.1) is 10.1 Å². The highest BCUT2D eigenvalue weighted by molar-refractivity contribution is 7.89. The van der Waals surface area contributed by atoms with E-state index in [1.54, 1.807) is 0 Å². The van der Waals surface area contributed by atoms with E-state index < -0.39 is 14.9 Å².